The van der Waals surface area contributed by atoms with Gasteiger partial charge < -0.3 is 28.7 Å². The zero-order chi connectivity index (χ0) is 37.3. The molecule has 0 radical (unpaired) electrons. The van der Waals surface area contributed by atoms with E-state index in [1.54, 1.807) is 30.3 Å². The van der Waals surface area contributed by atoms with E-state index in [4.69, 9.17) is 18.5 Å². The quantitative estimate of drug-likeness (QED) is 0.0367. The van der Waals surface area contributed by atoms with Crippen molar-refractivity contribution in [2.75, 3.05) is 19.0 Å². The molecule has 0 amide bonds. The Labute approximate surface area is 307 Å². The van der Waals surface area contributed by atoms with Crippen molar-refractivity contribution >= 4 is 68.3 Å². The molecular formula is C34H33N2O13P3S. The van der Waals surface area contributed by atoms with Crippen LogP contribution in [-0.4, -0.2) is 55.4 Å². The molecule has 5 aromatic carbocycles. The molecule has 1 aromatic heterocycles. The van der Waals surface area contributed by atoms with Gasteiger partial charge in [-0.05, 0) is 57.4 Å². The van der Waals surface area contributed by atoms with E-state index in [0.717, 1.165) is 37.2 Å². The Hall–Kier alpha value is -3.46. The molecule has 0 spiro atoms. The second-order valence-electron chi connectivity index (χ2n) is 12.0. The van der Waals surface area contributed by atoms with E-state index >= 15 is 0 Å². The lowest BCUT2D eigenvalue weighted by Gasteiger charge is -2.22. The zero-order valence-corrected chi connectivity index (χ0v) is 31.3. The SMILES string of the molecule is Cc1cn(C2C[C@@H](Oc3ccccc3)C(COP(O)OP(=O)(O)OP(=O)(O)OCCSc3ccc4ccc5cccc6ccc3c4c56)O2)c(=O)[nH]c1=O. The first kappa shape index (κ1) is 37.8. The molecule has 0 saturated carbocycles. The monoisotopic (exact) mass is 802 g/mol. The molecule has 4 N–H and O–H groups in total. The largest absolute Gasteiger partial charge is 0.487 e. The highest BCUT2D eigenvalue weighted by atomic mass is 32.2. The first-order valence-electron chi connectivity index (χ1n) is 16.2. The third-order valence-corrected chi connectivity index (χ3v) is 13.4. The predicted octanol–water partition coefficient (Wildman–Crippen LogP) is 6.76. The number of hydrogen-bond acceptors (Lipinski definition) is 12. The average molecular weight is 803 g/mol. The van der Waals surface area contributed by atoms with E-state index in [9.17, 15) is 33.4 Å². The van der Waals surface area contributed by atoms with Crippen molar-refractivity contribution in [3.05, 3.63) is 118 Å². The van der Waals surface area contributed by atoms with Crippen molar-refractivity contribution in [2.45, 2.75) is 36.7 Å². The van der Waals surface area contributed by atoms with E-state index in [1.165, 1.54) is 29.4 Å². The first-order chi connectivity index (χ1) is 25.4. The molecule has 5 unspecified atom stereocenters. The van der Waals surface area contributed by atoms with E-state index in [2.05, 4.69) is 37.9 Å². The fraction of sp³-hybridized carbons (Fsp3) is 0.235. The number of nitrogens with zero attached hydrogens (tertiary/aromatic N) is 1. The van der Waals surface area contributed by atoms with Crippen LogP contribution < -0.4 is 16.0 Å². The maximum atomic E-state index is 12.6. The van der Waals surface area contributed by atoms with Gasteiger partial charge in [0.15, 0.2) is 0 Å². The van der Waals surface area contributed by atoms with Crippen LogP contribution in [0.15, 0.2) is 106 Å². The summed E-state index contributed by atoms with van der Waals surface area (Å²) in [5, 5.41) is 6.61. The summed E-state index contributed by atoms with van der Waals surface area (Å²) in [5.41, 5.74) is -0.984. The first-order valence-corrected chi connectivity index (χ1v) is 21.3. The van der Waals surface area contributed by atoms with E-state index < -0.39 is 60.5 Å². The van der Waals surface area contributed by atoms with E-state index in [0.29, 0.717) is 5.75 Å². The number of ether oxygens (including phenoxy) is 2. The number of aromatic amines is 1. The third-order valence-electron chi connectivity index (χ3n) is 8.48. The number of phosphoric acid groups is 2. The number of hydrogen-bond donors (Lipinski definition) is 4. The van der Waals surface area contributed by atoms with Crippen LogP contribution in [0.3, 0.4) is 0 Å². The lowest BCUT2D eigenvalue weighted by atomic mass is 9.94. The molecule has 278 valence electrons. The molecule has 15 nitrogen and oxygen atoms in total. The molecule has 6 aromatic rings. The Kier molecular flexibility index (Phi) is 11.2. The van der Waals surface area contributed by atoms with Gasteiger partial charge in [-0.1, -0.05) is 66.7 Å². The van der Waals surface area contributed by atoms with Crippen molar-refractivity contribution in [3.8, 4) is 5.75 Å². The van der Waals surface area contributed by atoms with E-state index in [1.807, 2.05) is 30.3 Å². The number of benzene rings is 5. The second-order valence-corrected chi connectivity index (χ2v) is 17.4. The minimum atomic E-state index is -5.39. The summed E-state index contributed by atoms with van der Waals surface area (Å²) >= 11 is 1.37. The smallest absolute Gasteiger partial charge is 0.487 e. The van der Waals surface area contributed by atoms with Gasteiger partial charge in [0, 0.05) is 28.8 Å². The van der Waals surface area contributed by atoms with Gasteiger partial charge >= 0.3 is 29.9 Å². The molecule has 2 heterocycles. The van der Waals surface area contributed by atoms with Gasteiger partial charge in [0.05, 0.1) is 13.2 Å². The van der Waals surface area contributed by atoms with Crippen LogP contribution in [0.2, 0.25) is 0 Å². The number of aryl methyl sites for hydroxylation is 1. The number of H-pyrrole nitrogens is 1. The van der Waals surface area contributed by atoms with Crippen molar-refractivity contribution < 1.29 is 51.0 Å². The molecule has 0 aliphatic carbocycles. The van der Waals surface area contributed by atoms with Crippen molar-refractivity contribution in [1.82, 2.24) is 9.55 Å². The number of nitrogens with one attached hydrogen (secondary N) is 1. The Balaban J connectivity index is 0.930. The summed E-state index contributed by atoms with van der Waals surface area (Å²) in [5.74, 6) is 0.671. The molecular weight excluding hydrogens is 769 g/mol. The van der Waals surface area contributed by atoms with Crippen LogP contribution in [-0.2, 0) is 31.5 Å². The lowest BCUT2D eigenvalue weighted by molar-refractivity contribution is -0.0388. The van der Waals surface area contributed by atoms with Crippen molar-refractivity contribution in [1.29, 1.82) is 0 Å². The second kappa shape index (κ2) is 15.7. The van der Waals surface area contributed by atoms with Crippen LogP contribution in [0.25, 0.3) is 32.3 Å². The molecule has 0 bridgehead atoms. The minimum Gasteiger partial charge on any atom is -0.487 e. The molecule has 1 aliphatic rings. The highest BCUT2D eigenvalue weighted by molar-refractivity contribution is 7.99. The van der Waals surface area contributed by atoms with Gasteiger partial charge in [-0.15, -0.1) is 11.8 Å². The zero-order valence-electron chi connectivity index (χ0n) is 27.8. The predicted molar refractivity (Wildman–Crippen MR) is 199 cm³/mol. The standard InChI is InChI=1S/C34H33N2O13P3S/c1-21-19-36(34(38)35-33(21)37)30-18-27(46-25-8-3-2-4-9-25)28(47-30)20-44-50(39)48-52(42,43)49-51(40,41)45-16-17-53-29-15-13-24-11-10-22-6-5-7-23-12-14-26(29)32(24)31(22)23/h2-15,19,27-28,30,39H,16-18,20H2,1H3,(H,40,41)(H,42,43)(H,35,37,38)/t27-,28?,30?,50?/m1/s1. The third kappa shape index (κ3) is 8.76. The topological polar surface area (TPSA) is 205 Å². The van der Waals surface area contributed by atoms with Crippen LogP contribution in [0.4, 0.5) is 0 Å². The normalized spacial score (nSPS) is 20.5. The van der Waals surface area contributed by atoms with Crippen molar-refractivity contribution in [2.24, 2.45) is 0 Å². The molecule has 1 aliphatic heterocycles. The van der Waals surface area contributed by atoms with Gasteiger partial charge in [-0.25, -0.2) is 18.2 Å². The molecule has 7 rings (SSSR count). The van der Waals surface area contributed by atoms with Gasteiger partial charge in [0.1, 0.15) is 24.2 Å². The fourth-order valence-corrected chi connectivity index (χ4v) is 10.3. The summed E-state index contributed by atoms with van der Waals surface area (Å²) in [7, 11) is -13.7. The highest BCUT2D eigenvalue weighted by Gasteiger charge is 2.41. The maximum Gasteiger partial charge on any atom is 0.487 e. The van der Waals surface area contributed by atoms with Crippen LogP contribution in [0, 0.1) is 6.92 Å². The summed E-state index contributed by atoms with van der Waals surface area (Å²) in [6.07, 6.45) is -1.12. The number of rotatable bonds is 15. The maximum absolute atomic E-state index is 12.6. The fourth-order valence-electron chi connectivity index (χ4n) is 6.18. The lowest BCUT2D eigenvalue weighted by Crippen LogP contribution is -2.33. The summed E-state index contributed by atoms with van der Waals surface area (Å²) in [6, 6.07) is 27.0. The Bertz CT molecular complexity index is 2450. The Morgan fingerprint density at radius 3 is 2.38 bits per heavy atom. The molecule has 1 saturated heterocycles. The number of aromatic nitrogens is 2. The molecule has 6 atom stereocenters. The average Bonchev–Trinajstić information content (AvgIpc) is 3.51. The van der Waals surface area contributed by atoms with E-state index in [-0.39, 0.29) is 24.3 Å². The summed E-state index contributed by atoms with van der Waals surface area (Å²) < 4.78 is 57.6. The van der Waals surface area contributed by atoms with Crippen LogP contribution >= 0.6 is 36.0 Å². The van der Waals surface area contributed by atoms with Crippen LogP contribution in [0.1, 0.15) is 18.2 Å². The molecule has 1 fully saturated rings. The van der Waals surface area contributed by atoms with Gasteiger partial charge in [0.25, 0.3) is 5.56 Å². The van der Waals surface area contributed by atoms with Gasteiger partial charge in [0.2, 0.25) is 0 Å². The number of para-hydroxylation sites is 1. The summed E-state index contributed by atoms with van der Waals surface area (Å²) in [6.45, 7) is 0.741. The van der Waals surface area contributed by atoms with Crippen LogP contribution in [0.5, 0.6) is 5.75 Å². The van der Waals surface area contributed by atoms with Gasteiger partial charge in [-0.3, -0.25) is 18.9 Å². The number of thioether (sulfide) groups is 1. The summed E-state index contributed by atoms with van der Waals surface area (Å²) in [4.78, 5) is 58.2. The van der Waals surface area contributed by atoms with Gasteiger partial charge in [-0.2, -0.15) is 4.31 Å². The minimum absolute atomic E-state index is 0.125. The molecule has 53 heavy (non-hydrogen) atoms. The van der Waals surface area contributed by atoms with Crippen molar-refractivity contribution in [3.63, 3.8) is 0 Å². The number of phosphoric ester groups is 1. The Morgan fingerprint density at radius 2 is 1.62 bits per heavy atom. The Morgan fingerprint density at radius 1 is 0.925 bits per heavy atom. The highest BCUT2D eigenvalue weighted by Crippen LogP contribution is 2.65. The molecule has 19 heteroatoms.